The highest BCUT2D eigenvalue weighted by atomic mass is 16.1. The maximum atomic E-state index is 12.7. The molecule has 0 unspecified atom stereocenters. The van der Waals surface area contributed by atoms with Gasteiger partial charge in [0, 0.05) is 25.1 Å². The van der Waals surface area contributed by atoms with Crippen LogP contribution in [0.25, 0.3) is 16.8 Å². The summed E-state index contributed by atoms with van der Waals surface area (Å²) in [5, 5.41) is 0. The van der Waals surface area contributed by atoms with Crippen LogP contribution in [-0.2, 0) is 7.05 Å². The van der Waals surface area contributed by atoms with E-state index in [-0.39, 0.29) is 5.56 Å². The molecule has 0 saturated carbocycles. The zero-order valence-corrected chi connectivity index (χ0v) is 11.4. The highest BCUT2D eigenvalue weighted by Crippen LogP contribution is 2.20. The third-order valence-corrected chi connectivity index (χ3v) is 3.52. The van der Waals surface area contributed by atoms with Crippen LogP contribution in [-0.4, -0.2) is 14.3 Å². The van der Waals surface area contributed by atoms with Gasteiger partial charge in [-0.05, 0) is 36.8 Å². The van der Waals surface area contributed by atoms with Gasteiger partial charge >= 0.3 is 0 Å². The van der Waals surface area contributed by atoms with Crippen molar-refractivity contribution in [3.05, 3.63) is 70.9 Å². The molecule has 0 fully saturated rings. The van der Waals surface area contributed by atoms with Crippen LogP contribution >= 0.6 is 0 Å². The van der Waals surface area contributed by atoms with Crippen molar-refractivity contribution in [1.82, 2.24) is 14.3 Å². The summed E-state index contributed by atoms with van der Waals surface area (Å²) in [5.74, 6) is 0. The van der Waals surface area contributed by atoms with Crippen LogP contribution in [0.2, 0.25) is 0 Å². The van der Waals surface area contributed by atoms with Crippen molar-refractivity contribution in [3.63, 3.8) is 0 Å². The largest absolute Gasteiger partial charge is 0.285 e. The van der Waals surface area contributed by atoms with Gasteiger partial charge in [0.2, 0.25) is 0 Å². The Bertz CT molecular complexity index is 720. The first-order valence-electron chi connectivity index (χ1n) is 6.44. The Morgan fingerprint density at radius 2 is 1.65 bits per heavy atom. The smallest absolute Gasteiger partial charge is 0.279 e. The third kappa shape index (κ3) is 1.86. The molecule has 0 aliphatic carbocycles. The van der Waals surface area contributed by atoms with E-state index in [0.29, 0.717) is 0 Å². The van der Waals surface area contributed by atoms with Crippen LogP contribution in [0, 0.1) is 6.92 Å². The van der Waals surface area contributed by atoms with Gasteiger partial charge in [0.05, 0.1) is 11.3 Å². The average Bonchev–Trinajstić information content (AvgIpc) is 2.71. The summed E-state index contributed by atoms with van der Waals surface area (Å²) in [7, 11) is 1.90. The Morgan fingerprint density at radius 3 is 2.30 bits per heavy atom. The van der Waals surface area contributed by atoms with Gasteiger partial charge in [0.25, 0.3) is 5.56 Å². The van der Waals surface area contributed by atoms with Crippen molar-refractivity contribution in [2.75, 3.05) is 0 Å². The lowest BCUT2D eigenvalue weighted by Gasteiger charge is -2.07. The number of para-hydroxylation sites is 1. The highest BCUT2D eigenvalue weighted by Gasteiger charge is 2.16. The number of rotatable bonds is 2. The minimum Gasteiger partial charge on any atom is -0.285 e. The first-order valence-corrected chi connectivity index (χ1v) is 6.44. The molecule has 0 spiro atoms. The van der Waals surface area contributed by atoms with E-state index >= 15 is 0 Å². The molecule has 2 aromatic heterocycles. The summed E-state index contributed by atoms with van der Waals surface area (Å²) in [6.07, 6.45) is 3.40. The predicted octanol–water partition coefficient (Wildman–Crippen LogP) is 2.55. The number of nitrogens with zero attached hydrogens (tertiary/aromatic N) is 3. The van der Waals surface area contributed by atoms with Crippen LogP contribution in [0.4, 0.5) is 0 Å². The molecule has 0 aliphatic rings. The molecule has 1 aromatic carbocycles. The summed E-state index contributed by atoms with van der Waals surface area (Å²) in [4.78, 5) is 16.7. The number of hydrogen-bond acceptors (Lipinski definition) is 2. The Morgan fingerprint density at radius 1 is 1.00 bits per heavy atom. The first-order chi connectivity index (χ1) is 9.70. The van der Waals surface area contributed by atoms with Crippen LogP contribution in [0.1, 0.15) is 5.69 Å². The molecule has 0 N–H and O–H groups in total. The standard InChI is InChI=1S/C16H15N3O/c1-12-15(13-8-10-17-11-9-13)16(20)19(18(12)2)14-6-4-3-5-7-14/h3-11H,1-2H3. The Hall–Kier alpha value is -2.62. The summed E-state index contributed by atoms with van der Waals surface area (Å²) in [6.45, 7) is 1.95. The molecule has 20 heavy (non-hydrogen) atoms. The van der Waals surface area contributed by atoms with Gasteiger partial charge in [-0.2, -0.15) is 0 Å². The lowest BCUT2D eigenvalue weighted by atomic mass is 10.1. The van der Waals surface area contributed by atoms with E-state index in [0.717, 1.165) is 22.5 Å². The second-order valence-corrected chi connectivity index (χ2v) is 4.67. The van der Waals surface area contributed by atoms with Crippen LogP contribution < -0.4 is 5.56 Å². The minimum absolute atomic E-state index is 0.0117. The molecule has 0 atom stereocenters. The fourth-order valence-electron chi connectivity index (χ4n) is 2.42. The van der Waals surface area contributed by atoms with E-state index in [2.05, 4.69) is 4.98 Å². The van der Waals surface area contributed by atoms with Crippen molar-refractivity contribution in [2.24, 2.45) is 7.05 Å². The Labute approximate surface area is 116 Å². The zero-order chi connectivity index (χ0) is 14.1. The summed E-state index contributed by atoms with van der Waals surface area (Å²) in [6, 6.07) is 13.4. The maximum Gasteiger partial charge on any atom is 0.279 e. The van der Waals surface area contributed by atoms with Crippen LogP contribution in [0.3, 0.4) is 0 Å². The molecule has 2 heterocycles. The first kappa shape index (κ1) is 12.4. The van der Waals surface area contributed by atoms with Crippen molar-refractivity contribution in [1.29, 1.82) is 0 Å². The number of pyridine rings is 1. The molecular formula is C16H15N3O. The topological polar surface area (TPSA) is 39.8 Å². The molecule has 100 valence electrons. The second-order valence-electron chi connectivity index (χ2n) is 4.67. The van der Waals surface area contributed by atoms with Gasteiger partial charge in [0.15, 0.2) is 0 Å². The van der Waals surface area contributed by atoms with Gasteiger partial charge in [-0.1, -0.05) is 18.2 Å². The third-order valence-electron chi connectivity index (χ3n) is 3.52. The lowest BCUT2D eigenvalue weighted by Crippen LogP contribution is -2.20. The molecule has 0 amide bonds. The summed E-state index contributed by atoms with van der Waals surface area (Å²) in [5.41, 5.74) is 3.40. The predicted molar refractivity (Wildman–Crippen MR) is 79.0 cm³/mol. The average molecular weight is 265 g/mol. The van der Waals surface area contributed by atoms with Crippen molar-refractivity contribution in [2.45, 2.75) is 6.92 Å². The SMILES string of the molecule is Cc1c(-c2ccncc2)c(=O)n(-c2ccccc2)n1C. The van der Waals surface area contributed by atoms with Crippen molar-refractivity contribution in [3.8, 4) is 16.8 Å². The van der Waals surface area contributed by atoms with Crippen molar-refractivity contribution < 1.29 is 0 Å². The monoisotopic (exact) mass is 265 g/mol. The molecule has 3 aromatic rings. The molecule has 0 radical (unpaired) electrons. The molecule has 4 heteroatoms. The van der Waals surface area contributed by atoms with Gasteiger partial charge < -0.3 is 0 Å². The zero-order valence-electron chi connectivity index (χ0n) is 11.4. The van der Waals surface area contributed by atoms with E-state index < -0.39 is 0 Å². The van der Waals surface area contributed by atoms with Gasteiger partial charge in [-0.3, -0.25) is 14.5 Å². The van der Waals surface area contributed by atoms with E-state index in [1.54, 1.807) is 17.1 Å². The molecule has 0 saturated heterocycles. The fourth-order valence-corrected chi connectivity index (χ4v) is 2.42. The second kappa shape index (κ2) is 4.81. The minimum atomic E-state index is -0.0117. The molecule has 0 bridgehead atoms. The number of aromatic nitrogens is 3. The van der Waals surface area contributed by atoms with E-state index in [1.807, 2.05) is 61.1 Å². The maximum absolute atomic E-state index is 12.7. The van der Waals surface area contributed by atoms with E-state index in [4.69, 9.17) is 0 Å². The van der Waals surface area contributed by atoms with E-state index in [9.17, 15) is 4.79 Å². The fraction of sp³-hybridized carbons (Fsp3) is 0.125. The Balaban J connectivity index is 2.29. The summed E-state index contributed by atoms with van der Waals surface area (Å²) < 4.78 is 3.57. The molecule has 4 nitrogen and oxygen atoms in total. The van der Waals surface area contributed by atoms with Crippen molar-refractivity contribution >= 4 is 0 Å². The molecule has 0 aliphatic heterocycles. The van der Waals surface area contributed by atoms with Crippen LogP contribution in [0.5, 0.6) is 0 Å². The normalized spacial score (nSPS) is 10.7. The van der Waals surface area contributed by atoms with Gasteiger partial charge in [-0.25, -0.2) is 4.68 Å². The van der Waals surface area contributed by atoms with Gasteiger partial charge in [-0.15, -0.1) is 0 Å². The van der Waals surface area contributed by atoms with Gasteiger partial charge in [0.1, 0.15) is 0 Å². The van der Waals surface area contributed by atoms with Crippen LogP contribution in [0.15, 0.2) is 59.7 Å². The quantitative estimate of drug-likeness (QED) is 0.714. The number of benzene rings is 1. The molecular weight excluding hydrogens is 250 g/mol. The summed E-state index contributed by atoms with van der Waals surface area (Å²) >= 11 is 0. The van der Waals surface area contributed by atoms with E-state index in [1.165, 1.54) is 0 Å². The number of hydrogen-bond donors (Lipinski definition) is 0. The lowest BCUT2D eigenvalue weighted by molar-refractivity contribution is 0.630. The highest BCUT2D eigenvalue weighted by molar-refractivity contribution is 5.65. The molecule has 3 rings (SSSR count). The Kier molecular flexibility index (Phi) is 2.99.